The van der Waals surface area contributed by atoms with Crippen LogP contribution in [0.1, 0.15) is 12.5 Å². The van der Waals surface area contributed by atoms with E-state index < -0.39 is 16.9 Å². The molecule has 108 valence electrons. The summed E-state index contributed by atoms with van der Waals surface area (Å²) in [5.41, 5.74) is 0.104. The number of carbonyl (C=O) groups is 1. The minimum Gasteiger partial charge on any atom is -0.474 e. The van der Waals surface area contributed by atoms with Crippen LogP contribution in [0.4, 0.5) is 5.69 Å². The van der Waals surface area contributed by atoms with Crippen LogP contribution in [0.25, 0.3) is 0 Å². The van der Waals surface area contributed by atoms with Crippen LogP contribution in [0, 0.1) is 10.1 Å². The van der Waals surface area contributed by atoms with Gasteiger partial charge in [0.15, 0.2) is 11.9 Å². The van der Waals surface area contributed by atoms with Crippen molar-refractivity contribution in [1.29, 1.82) is 0 Å². The Kier molecular flexibility index (Phi) is 5.67. The fourth-order valence-corrected chi connectivity index (χ4v) is 1.46. The highest BCUT2D eigenvalue weighted by molar-refractivity contribution is 5.81. The zero-order valence-electron chi connectivity index (χ0n) is 11.0. The SMILES string of the molecule is C=CCNC(=O)C(C)Oc1ccc(CO)cc1[N+](=O)[O-]. The van der Waals surface area contributed by atoms with E-state index in [1.165, 1.54) is 31.2 Å². The third-order valence-electron chi connectivity index (χ3n) is 2.50. The second-order valence-electron chi connectivity index (χ2n) is 4.01. The van der Waals surface area contributed by atoms with Crippen LogP contribution in [0.5, 0.6) is 5.75 Å². The molecule has 0 aliphatic heterocycles. The number of aliphatic hydroxyl groups excluding tert-OH is 1. The predicted octanol–water partition coefficient (Wildman–Crippen LogP) is 1.16. The van der Waals surface area contributed by atoms with Crippen molar-refractivity contribution in [2.75, 3.05) is 6.54 Å². The summed E-state index contributed by atoms with van der Waals surface area (Å²) in [6.07, 6.45) is 0.636. The van der Waals surface area contributed by atoms with Crippen LogP contribution in [0.3, 0.4) is 0 Å². The molecule has 0 fully saturated rings. The Morgan fingerprint density at radius 3 is 2.90 bits per heavy atom. The van der Waals surface area contributed by atoms with Crippen molar-refractivity contribution < 1.29 is 19.6 Å². The lowest BCUT2D eigenvalue weighted by atomic mass is 10.2. The van der Waals surface area contributed by atoms with Crippen molar-refractivity contribution in [1.82, 2.24) is 5.32 Å². The van der Waals surface area contributed by atoms with Crippen molar-refractivity contribution in [3.63, 3.8) is 0 Å². The number of aliphatic hydroxyl groups is 1. The zero-order valence-corrected chi connectivity index (χ0v) is 11.0. The quantitative estimate of drug-likeness (QED) is 0.443. The summed E-state index contributed by atoms with van der Waals surface area (Å²) in [5, 5.41) is 22.4. The molecular formula is C13H16N2O5. The van der Waals surface area contributed by atoms with E-state index in [1.807, 2.05) is 0 Å². The van der Waals surface area contributed by atoms with Gasteiger partial charge in [-0.25, -0.2) is 0 Å². The Balaban J connectivity index is 2.88. The first-order valence-corrected chi connectivity index (χ1v) is 5.93. The first-order chi connectivity index (χ1) is 9.49. The second kappa shape index (κ2) is 7.25. The Labute approximate surface area is 116 Å². The Hall–Kier alpha value is -2.41. The average molecular weight is 280 g/mol. The molecule has 1 unspecified atom stereocenters. The molecule has 1 rings (SSSR count). The summed E-state index contributed by atoms with van der Waals surface area (Å²) >= 11 is 0. The van der Waals surface area contributed by atoms with E-state index in [2.05, 4.69) is 11.9 Å². The molecule has 20 heavy (non-hydrogen) atoms. The Morgan fingerprint density at radius 1 is 1.65 bits per heavy atom. The van der Waals surface area contributed by atoms with Crippen LogP contribution in [-0.4, -0.2) is 28.6 Å². The van der Waals surface area contributed by atoms with Crippen molar-refractivity contribution >= 4 is 11.6 Å². The van der Waals surface area contributed by atoms with Crippen molar-refractivity contribution in [3.05, 3.63) is 46.5 Å². The number of carbonyl (C=O) groups excluding carboxylic acids is 1. The lowest BCUT2D eigenvalue weighted by molar-refractivity contribution is -0.386. The molecule has 0 aromatic heterocycles. The molecule has 0 saturated carbocycles. The first-order valence-electron chi connectivity index (χ1n) is 5.93. The lowest BCUT2D eigenvalue weighted by Crippen LogP contribution is -2.36. The normalized spacial score (nSPS) is 11.5. The third-order valence-corrected chi connectivity index (χ3v) is 2.50. The van der Waals surface area contributed by atoms with Gasteiger partial charge in [-0.2, -0.15) is 0 Å². The maximum Gasteiger partial charge on any atom is 0.311 e. The molecule has 0 radical (unpaired) electrons. The molecule has 7 heteroatoms. The van der Waals surface area contributed by atoms with Crippen molar-refractivity contribution in [2.45, 2.75) is 19.6 Å². The molecular weight excluding hydrogens is 264 g/mol. The molecule has 2 N–H and O–H groups in total. The van der Waals surface area contributed by atoms with Crippen LogP contribution in [-0.2, 0) is 11.4 Å². The predicted molar refractivity (Wildman–Crippen MR) is 72.3 cm³/mol. The number of rotatable bonds is 7. The van der Waals surface area contributed by atoms with Crippen molar-refractivity contribution in [3.8, 4) is 5.75 Å². The summed E-state index contributed by atoms with van der Waals surface area (Å²) in [7, 11) is 0. The molecule has 1 atom stereocenters. The molecule has 0 saturated heterocycles. The largest absolute Gasteiger partial charge is 0.474 e. The molecule has 7 nitrogen and oxygen atoms in total. The van der Waals surface area contributed by atoms with Gasteiger partial charge in [0.1, 0.15) is 0 Å². The molecule has 0 heterocycles. The third kappa shape index (κ3) is 4.06. The van der Waals surface area contributed by atoms with E-state index in [1.54, 1.807) is 0 Å². The number of hydrogen-bond acceptors (Lipinski definition) is 5. The van der Waals surface area contributed by atoms with Gasteiger partial charge in [0, 0.05) is 12.6 Å². The monoisotopic (exact) mass is 280 g/mol. The minimum absolute atomic E-state index is 0.0200. The highest BCUT2D eigenvalue weighted by Crippen LogP contribution is 2.28. The number of hydrogen-bond donors (Lipinski definition) is 2. The highest BCUT2D eigenvalue weighted by Gasteiger charge is 2.21. The maximum absolute atomic E-state index is 11.6. The minimum atomic E-state index is -0.881. The number of nitrogens with one attached hydrogen (secondary N) is 1. The van der Waals surface area contributed by atoms with E-state index in [-0.39, 0.29) is 24.6 Å². The number of nitrogens with zero attached hydrogens (tertiary/aromatic N) is 1. The van der Waals surface area contributed by atoms with E-state index in [0.29, 0.717) is 5.56 Å². The van der Waals surface area contributed by atoms with Gasteiger partial charge in [0.2, 0.25) is 0 Å². The molecule has 1 aromatic rings. The van der Waals surface area contributed by atoms with Gasteiger partial charge in [0.05, 0.1) is 11.5 Å². The van der Waals surface area contributed by atoms with Crippen molar-refractivity contribution in [2.24, 2.45) is 0 Å². The summed E-state index contributed by atoms with van der Waals surface area (Å²) in [6, 6.07) is 4.07. The lowest BCUT2D eigenvalue weighted by Gasteiger charge is -2.14. The fraction of sp³-hybridized carbons (Fsp3) is 0.308. The molecule has 0 aliphatic carbocycles. The van der Waals surface area contributed by atoms with Gasteiger partial charge in [-0.05, 0) is 18.6 Å². The number of amides is 1. The van der Waals surface area contributed by atoms with E-state index in [0.717, 1.165) is 0 Å². The van der Waals surface area contributed by atoms with Gasteiger partial charge < -0.3 is 15.2 Å². The van der Waals surface area contributed by atoms with Gasteiger partial charge >= 0.3 is 5.69 Å². The van der Waals surface area contributed by atoms with Gasteiger partial charge in [-0.15, -0.1) is 6.58 Å². The number of ether oxygens (including phenoxy) is 1. The summed E-state index contributed by atoms with van der Waals surface area (Å²) in [6.45, 7) is 4.93. The summed E-state index contributed by atoms with van der Waals surface area (Å²) in [4.78, 5) is 21.9. The highest BCUT2D eigenvalue weighted by atomic mass is 16.6. The smallest absolute Gasteiger partial charge is 0.311 e. The number of nitro groups is 1. The van der Waals surface area contributed by atoms with Gasteiger partial charge in [-0.1, -0.05) is 12.1 Å². The van der Waals surface area contributed by atoms with E-state index in [9.17, 15) is 14.9 Å². The molecule has 0 bridgehead atoms. The fourth-order valence-electron chi connectivity index (χ4n) is 1.46. The van der Waals surface area contributed by atoms with Gasteiger partial charge in [0.25, 0.3) is 5.91 Å². The molecule has 1 amide bonds. The summed E-state index contributed by atoms with van der Waals surface area (Å²) in [5.74, 6) is -0.418. The van der Waals surface area contributed by atoms with Crippen LogP contribution >= 0.6 is 0 Å². The topological polar surface area (TPSA) is 102 Å². The van der Waals surface area contributed by atoms with Gasteiger partial charge in [-0.3, -0.25) is 14.9 Å². The van der Waals surface area contributed by atoms with E-state index in [4.69, 9.17) is 9.84 Å². The molecule has 0 spiro atoms. The van der Waals surface area contributed by atoms with Crippen LogP contribution in [0.2, 0.25) is 0 Å². The Bertz CT molecular complexity index is 515. The maximum atomic E-state index is 11.6. The number of benzene rings is 1. The zero-order chi connectivity index (χ0) is 15.1. The summed E-state index contributed by atoms with van der Waals surface area (Å²) < 4.78 is 5.30. The Morgan fingerprint density at radius 2 is 2.35 bits per heavy atom. The second-order valence-corrected chi connectivity index (χ2v) is 4.01. The van der Waals surface area contributed by atoms with E-state index >= 15 is 0 Å². The number of nitro benzene ring substituents is 1. The molecule has 1 aromatic carbocycles. The standard InChI is InChI=1S/C13H16N2O5/c1-3-6-14-13(17)9(2)20-12-5-4-10(8-16)7-11(12)15(18)19/h3-5,7,9,16H,1,6,8H2,2H3,(H,14,17). The molecule has 0 aliphatic rings. The van der Waals surface area contributed by atoms with Crippen LogP contribution in [0.15, 0.2) is 30.9 Å². The van der Waals surface area contributed by atoms with Crippen LogP contribution < -0.4 is 10.1 Å². The first kappa shape index (κ1) is 15.6. The average Bonchev–Trinajstić information content (AvgIpc) is 2.44.